The van der Waals surface area contributed by atoms with Crippen molar-refractivity contribution in [2.24, 2.45) is 0 Å². The number of nitrogens with one attached hydrogen (secondary N) is 3. The van der Waals surface area contributed by atoms with Crippen molar-refractivity contribution >= 4 is 22.8 Å². The topological polar surface area (TPSA) is 91.0 Å². The number of pyridine rings is 1. The van der Waals surface area contributed by atoms with E-state index in [1.807, 2.05) is 0 Å². The molecule has 5 heterocycles. The first kappa shape index (κ1) is 21.8. The summed E-state index contributed by atoms with van der Waals surface area (Å²) >= 11 is 0. The molecular weight excluding hydrogens is 442 g/mol. The number of anilines is 2. The summed E-state index contributed by atoms with van der Waals surface area (Å²) in [7, 11) is 0. The minimum absolute atomic E-state index is 0.0153. The van der Waals surface area contributed by atoms with Crippen LogP contribution < -0.4 is 15.5 Å². The number of piperidine rings is 1. The second kappa shape index (κ2) is 8.75. The van der Waals surface area contributed by atoms with Gasteiger partial charge in [0.25, 0.3) is 0 Å². The van der Waals surface area contributed by atoms with E-state index in [4.69, 9.17) is 4.74 Å². The SMILES string of the molecule is Fc1cc2c(-c3nc(NC4CCCNC4)ncc3C(F)(F)F)c[nH]c2nc1N1CCOCC1. The average Bonchev–Trinajstić information content (AvgIpc) is 3.21. The van der Waals surface area contributed by atoms with Gasteiger partial charge in [-0.25, -0.2) is 19.3 Å². The van der Waals surface area contributed by atoms with E-state index >= 15 is 0 Å². The first-order chi connectivity index (χ1) is 15.9. The van der Waals surface area contributed by atoms with E-state index in [2.05, 4.69) is 30.6 Å². The molecule has 1 unspecified atom stereocenters. The Morgan fingerprint density at radius 1 is 1.18 bits per heavy atom. The Morgan fingerprint density at radius 2 is 2.00 bits per heavy atom. The lowest BCUT2D eigenvalue weighted by Gasteiger charge is -2.28. The van der Waals surface area contributed by atoms with Gasteiger partial charge in [0.15, 0.2) is 11.6 Å². The summed E-state index contributed by atoms with van der Waals surface area (Å²) in [6.45, 7) is 3.45. The van der Waals surface area contributed by atoms with Crippen molar-refractivity contribution in [1.29, 1.82) is 0 Å². The molecule has 8 nitrogen and oxygen atoms in total. The minimum Gasteiger partial charge on any atom is -0.378 e. The summed E-state index contributed by atoms with van der Waals surface area (Å²) in [5, 5.41) is 6.55. The Balaban J connectivity index is 1.55. The second-order valence-corrected chi connectivity index (χ2v) is 8.13. The molecule has 0 spiro atoms. The molecule has 5 rings (SSSR count). The number of fused-ring (bicyclic) bond motifs is 1. The maximum Gasteiger partial charge on any atom is 0.419 e. The van der Waals surface area contributed by atoms with Gasteiger partial charge in [0.2, 0.25) is 5.95 Å². The number of halogens is 4. The third-order valence-corrected chi connectivity index (χ3v) is 5.89. The van der Waals surface area contributed by atoms with E-state index in [0.29, 0.717) is 32.8 Å². The summed E-state index contributed by atoms with van der Waals surface area (Å²) in [6.07, 6.45) is -0.720. The van der Waals surface area contributed by atoms with Crippen LogP contribution in [0.25, 0.3) is 22.3 Å². The molecule has 2 aliphatic rings. The Kier molecular flexibility index (Phi) is 5.79. The molecule has 0 aromatic carbocycles. The highest BCUT2D eigenvalue weighted by atomic mass is 19.4. The van der Waals surface area contributed by atoms with E-state index in [9.17, 15) is 17.6 Å². The van der Waals surface area contributed by atoms with Crippen LogP contribution in [0.3, 0.4) is 0 Å². The lowest BCUT2D eigenvalue weighted by Crippen LogP contribution is -2.38. The van der Waals surface area contributed by atoms with Crippen LogP contribution in [0.4, 0.5) is 29.3 Å². The van der Waals surface area contributed by atoms with Gasteiger partial charge in [-0.2, -0.15) is 13.2 Å². The van der Waals surface area contributed by atoms with Crippen LogP contribution >= 0.6 is 0 Å². The highest BCUT2D eigenvalue weighted by Gasteiger charge is 2.36. The lowest BCUT2D eigenvalue weighted by molar-refractivity contribution is -0.137. The van der Waals surface area contributed by atoms with Crippen LogP contribution in [0.2, 0.25) is 0 Å². The number of hydrogen-bond acceptors (Lipinski definition) is 7. The second-order valence-electron chi connectivity index (χ2n) is 8.13. The molecule has 1 atom stereocenters. The molecule has 3 aromatic heterocycles. The van der Waals surface area contributed by atoms with Crippen LogP contribution in [-0.2, 0) is 10.9 Å². The Hall–Kier alpha value is -2.99. The molecule has 0 aliphatic carbocycles. The van der Waals surface area contributed by atoms with Crippen LogP contribution in [0, 0.1) is 5.82 Å². The standard InChI is InChI=1S/C21H23F4N7O/c22-16-8-13-14(10-27-18(13)31-19(16)32-4-6-33-7-5-32)17-15(21(23,24)25)11-28-20(30-17)29-12-2-1-3-26-9-12/h8,10-12,26H,1-7,9H2,(H,27,31)(H,28,29,30). The van der Waals surface area contributed by atoms with E-state index in [0.717, 1.165) is 25.6 Å². The van der Waals surface area contributed by atoms with Crippen molar-refractivity contribution in [3.8, 4) is 11.3 Å². The number of aromatic amines is 1. The maximum absolute atomic E-state index is 15.0. The van der Waals surface area contributed by atoms with E-state index in [-0.39, 0.29) is 40.1 Å². The van der Waals surface area contributed by atoms with Crippen molar-refractivity contribution in [3.05, 3.63) is 29.8 Å². The molecule has 0 bridgehead atoms. The Labute approximate surface area is 186 Å². The molecule has 0 saturated carbocycles. The van der Waals surface area contributed by atoms with E-state index in [1.165, 1.54) is 12.3 Å². The zero-order chi connectivity index (χ0) is 23.0. The summed E-state index contributed by atoms with van der Waals surface area (Å²) in [6, 6.07) is 1.22. The predicted octanol–water partition coefficient (Wildman–Crippen LogP) is 3.18. The van der Waals surface area contributed by atoms with Gasteiger partial charge in [-0.05, 0) is 25.5 Å². The molecule has 0 amide bonds. The van der Waals surface area contributed by atoms with Gasteiger partial charge in [-0.1, -0.05) is 0 Å². The van der Waals surface area contributed by atoms with Gasteiger partial charge < -0.3 is 25.3 Å². The number of ether oxygens (including phenoxy) is 1. The van der Waals surface area contributed by atoms with Gasteiger partial charge >= 0.3 is 6.18 Å². The van der Waals surface area contributed by atoms with Crippen LogP contribution in [0.1, 0.15) is 18.4 Å². The summed E-state index contributed by atoms with van der Waals surface area (Å²) in [5.41, 5.74) is -0.918. The fourth-order valence-corrected chi connectivity index (χ4v) is 4.23. The normalized spacial score (nSPS) is 19.8. The molecular formula is C21H23F4N7O. The molecule has 33 heavy (non-hydrogen) atoms. The monoisotopic (exact) mass is 465 g/mol. The van der Waals surface area contributed by atoms with Gasteiger partial charge in [-0.3, -0.25) is 0 Å². The smallest absolute Gasteiger partial charge is 0.378 e. The largest absolute Gasteiger partial charge is 0.419 e. The van der Waals surface area contributed by atoms with Crippen molar-refractivity contribution in [2.45, 2.75) is 25.1 Å². The van der Waals surface area contributed by atoms with Crippen molar-refractivity contribution in [3.63, 3.8) is 0 Å². The molecule has 3 aromatic rings. The summed E-state index contributed by atoms with van der Waals surface area (Å²) in [5.74, 6) is -0.371. The van der Waals surface area contributed by atoms with Gasteiger partial charge in [0.1, 0.15) is 11.2 Å². The van der Waals surface area contributed by atoms with Crippen LogP contribution in [0.15, 0.2) is 18.5 Å². The minimum atomic E-state index is -4.68. The first-order valence-corrected chi connectivity index (χ1v) is 10.8. The van der Waals surface area contributed by atoms with E-state index in [1.54, 1.807) is 4.90 Å². The molecule has 2 saturated heterocycles. The number of aromatic nitrogens is 4. The number of nitrogens with zero attached hydrogens (tertiary/aromatic N) is 4. The van der Waals surface area contributed by atoms with Crippen molar-refractivity contribution in [1.82, 2.24) is 25.3 Å². The number of hydrogen-bond donors (Lipinski definition) is 3. The molecule has 176 valence electrons. The number of rotatable bonds is 4. The number of H-pyrrole nitrogens is 1. The summed E-state index contributed by atoms with van der Waals surface area (Å²) < 4.78 is 61.6. The average molecular weight is 465 g/mol. The molecule has 0 radical (unpaired) electrons. The Morgan fingerprint density at radius 3 is 2.73 bits per heavy atom. The van der Waals surface area contributed by atoms with Gasteiger partial charge in [-0.15, -0.1) is 0 Å². The predicted molar refractivity (Wildman–Crippen MR) is 115 cm³/mol. The van der Waals surface area contributed by atoms with Crippen LogP contribution in [-0.4, -0.2) is 65.4 Å². The molecule has 2 fully saturated rings. The van der Waals surface area contributed by atoms with Crippen LogP contribution in [0.5, 0.6) is 0 Å². The number of alkyl halides is 3. The fourth-order valence-electron chi connectivity index (χ4n) is 4.23. The highest BCUT2D eigenvalue weighted by Crippen LogP contribution is 2.39. The summed E-state index contributed by atoms with van der Waals surface area (Å²) in [4.78, 5) is 17.1. The first-order valence-electron chi connectivity index (χ1n) is 10.8. The van der Waals surface area contributed by atoms with E-state index < -0.39 is 17.6 Å². The lowest BCUT2D eigenvalue weighted by atomic mass is 10.1. The highest BCUT2D eigenvalue weighted by molar-refractivity contribution is 5.94. The zero-order valence-electron chi connectivity index (χ0n) is 17.7. The third kappa shape index (κ3) is 4.44. The van der Waals surface area contributed by atoms with Crippen molar-refractivity contribution < 1.29 is 22.3 Å². The number of morpholine rings is 1. The zero-order valence-corrected chi connectivity index (χ0v) is 17.7. The third-order valence-electron chi connectivity index (χ3n) is 5.89. The quantitative estimate of drug-likeness (QED) is 0.510. The van der Waals surface area contributed by atoms with Crippen molar-refractivity contribution in [2.75, 3.05) is 49.6 Å². The maximum atomic E-state index is 15.0. The molecule has 3 N–H and O–H groups in total. The fraction of sp³-hybridized carbons (Fsp3) is 0.476. The molecule has 12 heteroatoms. The Bertz CT molecular complexity index is 1140. The van der Waals surface area contributed by atoms with Gasteiger partial charge in [0.05, 0.1) is 18.9 Å². The molecule has 2 aliphatic heterocycles. The van der Waals surface area contributed by atoms with Gasteiger partial charge in [0, 0.05) is 49.0 Å².